The molecule has 1 aliphatic rings. The van der Waals surface area contributed by atoms with Crippen LogP contribution in [0.5, 0.6) is 0 Å². The number of ether oxygens (including phenoxy) is 5. The fraction of sp³-hybridized carbons (Fsp3) is 0.941. The number of nitrogens with one attached hydrogen (secondary N) is 1. The van der Waals surface area contributed by atoms with Gasteiger partial charge in [0.25, 0.3) is 0 Å². The molecule has 1 saturated heterocycles. The van der Waals surface area contributed by atoms with Crippen LogP contribution in [0.25, 0.3) is 0 Å². The van der Waals surface area contributed by atoms with Crippen molar-refractivity contribution in [3.05, 3.63) is 0 Å². The van der Waals surface area contributed by atoms with Crippen LogP contribution in [0.15, 0.2) is 0 Å². The van der Waals surface area contributed by atoms with E-state index in [4.69, 9.17) is 23.7 Å². The summed E-state index contributed by atoms with van der Waals surface area (Å²) in [5.74, 6) is 0. The van der Waals surface area contributed by atoms with Crippen LogP contribution in [0, 0.1) is 0 Å². The molecule has 0 bridgehead atoms. The number of thiol groups is 1. The summed E-state index contributed by atoms with van der Waals surface area (Å²) in [5.41, 5.74) is 0. The average Bonchev–Trinajstić information content (AvgIpc) is 2.65. The zero-order valence-electron chi connectivity index (χ0n) is 15.8. The minimum atomic E-state index is -0.267. The Labute approximate surface area is 162 Å². The second-order valence-electron chi connectivity index (χ2n) is 5.89. The van der Waals surface area contributed by atoms with Crippen molar-refractivity contribution in [2.45, 2.75) is 18.1 Å². The van der Waals surface area contributed by atoms with E-state index in [1.165, 1.54) is 0 Å². The van der Waals surface area contributed by atoms with Crippen molar-refractivity contribution in [3.8, 4) is 0 Å². The van der Waals surface area contributed by atoms with Gasteiger partial charge in [0.2, 0.25) is 0 Å². The van der Waals surface area contributed by atoms with Gasteiger partial charge in [-0.2, -0.15) is 12.6 Å². The maximum Gasteiger partial charge on any atom is 0.409 e. The third kappa shape index (κ3) is 12.7. The number of piperidine rings is 1. The zero-order valence-corrected chi connectivity index (χ0v) is 16.7. The van der Waals surface area contributed by atoms with Gasteiger partial charge in [0.1, 0.15) is 6.61 Å². The fourth-order valence-electron chi connectivity index (χ4n) is 2.26. The van der Waals surface area contributed by atoms with Crippen LogP contribution >= 0.6 is 12.6 Å². The molecule has 0 unspecified atom stereocenters. The van der Waals surface area contributed by atoms with E-state index in [1.54, 1.807) is 4.90 Å². The Morgan fingerprint density at radius 1 is 0.885 bits per heavy atom. The first-order chi connectivity index (χ1) is 12.7. The SMILES string of the molecule is CNCCOCCOCCOCCOCCOC(=O)N1CCC(S)CC1. The number of carbonyl (C=O) groups excluding carboxylic acids is 1. The first-order valence-corrected chi connectivity index (χ1v) is 9.81. The molecule has 26 heavy (non-hydrogen) atoms. The summed E-state index contributed by atoms with van der Waals surface area (Å²) in [6.07, 6.45) is 1.57. The number of hydrogen-bond donors (Lipinski definition) is 2. The molecule has 1 heterocycles. The number of rotatable bonds is 15. The Balaban J connectivity index is 1.76. The molecule has 1 amide bonds. The van der Waals surface area contributed by atoms with Gasteiger partial charge >= 0.3 is 6.09 Å². The largest absolute Gasteiger partial charge is 0.447 e. The number of likely N-dealkylation sites (tertiary alicyclic amines) is 1. The maximum atomic E-state index is 11.8. The molecular formula is C17H34N2O6S. The van der Waals surface area contributed by atoms with Crippen molar-refractivity contribution in [2.75, 3.05) is 86.1 Å². The van der Waals surface area contributed by atoms with Crippen molar-refractivity contribution in [2.24, 2.45) is 0 Å². The molecular weight excluding hydrogens is 360 g/mol. The van der Waals surface area contributed by atoms with Gasteiger partial charge in [0.05, 0.1) is 52.9 Å². The first-order valence-electron chi connectivity index (χ1n) is 9.29. The van der Waals surface area contributed by atoms with Crippen LogP contribution in [0.3, 0.4) is 0 Å². The number of likely N-dealkylation sites (N-methyl/N-ethyl adjacent to an activating group) is 1. The van der Waals surface area contributed by atoms with Gasteiger partial charge in [-0.15, -0.1) is 0 Å². The van der Waals surface area contributed by atoms with Gasteiger partial charge in [0.15, 0.2) is 0 Å². The van der Waals surface area contributed by atoms with Gasteiger partial charge in [-0.25, -0.2) is 4.79 Å². The van der Waals surface area contributed by atoms with Crippen molar-refractivity contribution in [3.63, 3.8) is 0 Å². The lowest BCUT2D eigenvalue weighted by atomic mass is 10.1. The lowest BCUT2D eigenvalue weighted by Gasteiger charge is -2.28. The topological polar surface area (TPSA) is 78.5 Å². The third-order valence-corrected chi connectivity index (χ3v) is 4.30. The summed E-state index contributed by atoms with van der Waals surface area (Å²) in [5, 5.41) is 3.40. The standard InChI is InChI=1S/C17H34N2O6S/c1-18-4-7-21-8-9-22-10-11-23-12-13-24-14-15-25-17(20)19-5-2-16(26)3-6-19/h16,18,26H,2-15H2,1H3. The van der Waals surface area contributed by atoms with Gasteiger partial charge < -0.3 is 33.9 Å². The Morgan fingerprint density at radius 2 is 1.35 bits per heavy atom. The second kappa shape index (κ2) is 16.6. The van der Waals surface area contributed by atoms with Crippen LogP contribution in [-0.2, 0) is 23.7 Å². The zero-order chi connectivity index (χ0) is 18.9. The lowest BCUT2D eigenvalue weighted by molar-refractivity contribution is -0.00772. The van der Waals surface area contributed by atoms with Crippen molar-refractivity contribution < 1.29 is 28.5 Å². The molecule has 0 aromatic carbocycles. The highest BCUT2D eigenvalue weighted by Crippen LogP contribution is 2.15. The highest BCUT2D eigenvalue weighted by Gasteiger charge is 2.21. The van der Waals surface area contributed by atoms with E-state index in [9.17, 15) is 4.79 Å². The smallest absolute Gasteiger partial charge is 0.409 e. The van der Waals surface area contributed by atoms with Crippen LogP contribution in [-0.4, -0.2) is 102 Å². The third-order valence-electron chi connectivity index (χ3n) is 3.79. The monoisotopic (exact) mass is 394 g/mol. The van der Waals surface area contributed by atoms with Gasteiger partial charge in [-0.1, -0.05) is 0 Å². The predicted molar refractivity (Wildman–Crippen MR) is 102 cm³/mol. The number of carbonyl (C=O) groups is 1. The predicted octanol–water partition coefficient (Wildman–Crippen LogP) is 0.803. The summed E-state index contributed by atoms with van der Waals surface area (Å²) in [4.78, 5) is 13.5. The van der Waals surface area contributed by atoms with E-state index in [1.807, 2.05) is 7.05 Å². The average molecular weight is 395 g/mol. The molecule has 1 fully saturated rings. The molecule has 0 saturated carbocycles. The van der Waals surface area contributed by atoms with E-state index >= 15 is 0 Å². The van der Waals surface area contributed by atoms with Crippen LogP contribution in [0.1, 0.15) is 12.8 Å². The fourth-order valence-corrected chi connectivity index (χ4v) is 2.49. The summed E-state index contributed by atoms with van der Waals surface area (Å²) in [6, 6.07) is 0. The lowest BCUT2D eigenvalue weighted by Crippen LogP contribution is -2.39. The minimum Gasteiger partial charge on any atom is -0.447 e. The van der Waals surface area contributed by atoms with Crippen molar-refractivity contribution in [1.82, 2.24) is 10.2 Å². The van der Waals surface area contributed by atoms with Gasteiger partial charge in [-0.3, -0.25) is 0 Å². The summed E-state index contributed by atoms with van der Waals surface area (Å²) in [6.45, 7) is 6.78. The number of amides is 1. The number of nitrogens with zero attached hydrogens (tertiary/aromatic N) is 1. The molecule has 1 aliphatic heterocycles. The minimum absolute atomic E-state index is 0.260. The molecule has 1 rings (SSSR count). The molecule has 0 spiro atoms. The summed E-state index contributed by atoms with van der Waals surface area (Å²) in [7, 11) is 1.89. The molecule has 9 heteroatoms. The Kier molecular flexibility index (Phi) is 15.0. The van der Waals surface area contributed by atoms with E-state index < -0.39 is 0 Å². The molecule has 8 nitrogen and oxygen atoms in total. The van der Waals surface area contributed by atoms with Crippen LogP contribution < -0.4 is 5.32 Å². The Hall–Kier alpha value is -0.580. The molecule has 0 aromatic rings. The van der Waals surface area contributed by atoms with Gasteiger partial charge in [-0.05, 0) is 19.9 Å². The maximum absolute atomic E-state index is 11.8. The first kappa shape index (κ1) is 23.5. The summed E-state index contributed by atoms with van der Waals surface area (Å²) >= 11 is 4.41. The molecule has 0 radical (unpaired) electrons. The Bertz CT molecular complexity index is 343. The highest BCUT2D eigenvalue weighted by molar-refractivity contribution is 7.80. The van der Waals surface area contributed by atoms with Crippen LogP contribution in [0.4, 0.5) is 4.79 Å². The van der Waals surface area contributed by atoms with E-state index in [0.717, 1.165) is 19.4 Å². The van der Waals surface area contributed by atoms with E-state index in [0.29, 0.717) is 71.2 Å². The molecule has 1 N–H and O–H groups in total. The van der Waals surface area contributed by atoms with Crippen molar-refractivity contribution in [1.29, 1.82) is 0 Å². The van der Waals surface area contributed by atoms with E-state index in [2.05, 4.69) is 17.9 Å². The van der Waals surface area contributed by atoms with Crippen LogP contribution in [0.2, 0.25) is 0 Å². The van der Waals surface area contributed by atoms with E-state index in [-0.39, 0.29) is 12.7 Å². The number of hydrogen-bond acceptors (Lipinski definition) is 8. The molecule has 0 aromatic heterocycles. The van der Waals surface area contributed by atoms with Crippen molar-refractivity contribution >= 4 is 18.7 Å². The second-order valence-corrected chi connectivity index (χ2v) is 6.62. The molecule has 154 valence electrons. The normalized spacial score (nSPS) is 15.4. The molecule has 0 atom stereocenters. The molecule has 0 aliphatic carbocycles. The van der Waals surface area contributed by atoms with Gasteiger partial charge in [0, 0.05) is 24.9 Å². The summed E-state index contributed by atoms with van der Waals surface area (Å²) < 4.78 is 26.6. The Morgan fingerprint density at radius 3 is 1.85 bits per heavy atom. The highest BCUT2D eigenvalue weighted by atomic mass is 32.1. The quantitative estimate of drug-likeness (QED) is 0.314.